The average molecular weight is 433 g/mol. The predicted molar refractivity (Wildman–Crippen MR) is 113 cm³/mol. The summed E-state index contributed by atoms with van der Waals surface area (Å²) in [6, 6.07) is 14.0. The highest BCUT2D eigenvalue weighted by Crippen LogP contribution is 2.42. The number of ketones is 1. The van der Waals surface area contributed by atoms with E-state index in [4.69, 9.17) is 9.15 Å². The van der Waals surface area contributed by atoms with E-state index in [1.807, 2.05) is 0 Å². The van der Waals surface area contributed by atoms with E-state index in [1.165, 1.54) is 41.5 Å². The third kappa shape index (κ3) is 3.62. The third-order valence-corrected chi connectivity index (χ3v) is 5.04. The minimum absolute atomic E-state index is 0.000967. The number of aromatic hydroxyl groups is 1. The van der Waals surface area contributed by atoms with Gasteiger partial charge < -0.3 is 19.4 Å². The van der Waals surface area contributed by atoms with Gasteiger partial charge in [0.2, 0.25) is 5.78 Å². The number of Topliss-reactive ketones (excluding diaryl/α,β-unsaturated/α-hetero) is 1. The summed E-state index contributed by atoms with van der Waals surface area (Å²) < 4.78 is 10.2. The van der Waals surface area contributed by atoms with Gasteiger partial charge in [0, 0.05) is 5.69 Å². The maximum absolute atomic E-state index is 13.1. The van der Waals surface area contributed by atoms with Crippen LogP contribution in [0.2, 0.25) is 0 Å². The van der Waals surface area contributed by atoms with Crippen molar-refractivity contribution < 1.29 is 33.8 Å². The van der Waals surface area contributed by atoms with E-state index in [-0.39, 0.29) is 34.9 Å². The Morgan fingerprint density at radius 3 is 2.47 bits per heavy atom. The third-order valence-electron chi connectivity index (χ3n) is 5.04. The maximum Gasteiger partial charge on any atom is 0.338 e. The quantitative estimate of drug-likeness (QED) is 0.446. The van der Waals surface area contributed by atoms with E-state index in [2.05, 4.69) is 0 Å². The molecule has 8 nitrogen and oxygen atoms in total. The number of carbonyl (C=O) groups is 3. The molecule has 0 aliphatic carbocycles. The molecule has 2 N–H and O–H groups in total. The summed E-state index contributed by atoms with van der Waals surface area (Å²) in [5.41, 5.74) is 0.799. The lowest BCUT2D eigenvalue weighted by Gasteiger charge is -2.27. The molecule has 0 saturated carbocycles. The van der Waals surface area contributed by atoms with Crippen molar-refractivity contribution in [2.45, 2.75) is 13.0 Å². The second-order valence-corrected chi connectivity index (χ2v) is 7.01. The SMILES string of the molecule is CCOC(=O)c1cccc(N2C(=O)C(O)=C(C(=O)c3ccco3)C2c2ccc(O)cc2)c1. The Labute approximate surface area is 183 Å². The van der Waals surface area contributed by atoms with Crippen molar-refractivity contribution in [2.75, 3.05) is 11.5 Å². The van der Waals surface area contributed by atoms with Crippen molar-refractivity contribution in [1.29, 1.82) is 0 Å². The molecule has 0 radical (unpaired) electrons. The summed E-state index contributed by atoms with van der Waals surface area (Å²) in [7, 11) is 0. The van der Waals surface area contributed by atoms with Crippen molar-refractivity contribution >= 4 is 23.3 Å². The number of ether oxygens (including phenoxy) is 1. The normalized spacial score (nSPS) is 15.8. The van der Waals surface area contributed by atoms with Crippen LogP contribution in [0.15, 0.2) is 82.7 Å². The molecule has 1 aliphatic heterocycles. The van der Waals surface area contributed by atoms with Crippen LogP contribution in [0.4, 0.5) is 5.69 Å². The number of aliphatic hydroxyl groups excluding tert-OH is 1. The first kappa shape index (κ1) is 20.9. The number of carbonyl (C=O) groups excluding carboxylic acids is 3. The first-order valence-corrected chi connectivity index (χ1v) is 9.83. The zero-order chi connectivity index (χ0) is 22.8. The minimum Gasteiger partial charge on any atom is -0.508 e. The lowest BCUT2D eigenvalue weighted by Crippen LogP contribution is -2.31. The van der Waals surface area contributed by atoms with Gasteiger partial charge >= 0.3 is 5.97 Å². The molecule has 2 aromatic carbocycles. The number of nitrogens with zero attached hydrogens (tertiary/aromatic N) is 1. The van der Waals surface area contributed by atoms with E-state index >= 15 is 0 Å². The fraction of sp³-hybridized carbons (Fsp3) is 0.125. The molecule has 1 unspecified atom stereocenters. The van der Waals surface area contributed by atoms with Crippen molar-refractivity contribution in [1.82, 2.24) is 0 Å². The van der Waals surface area contributed by atoms with Gasteiger partial charge in [0.15, 0.2) is 11.5 Å². The molecule has 4 rings (SSSR count). The lowest BCUT2D eigenvalue weighted by atomic mass is 9.94. The number of phenolic OH excluding ortho intramolecular Hbond substituents is 1. The monoisotopic (exact) mass is 433 g/mol. The highest BCUT2D eigenvalue weighted by Gasteiger charge is 2.45. The zero-order valence-corrected chi connectivity index (χ0v) is 17.0. The number of rotatable bonds is 6. The average Bonchev–Trinajstić information content (AvgIpc) is 3.42. The van der Waals surface area contributed by atoms with E-state index in [9.17, 15) is 24.6 Å². The van der Waals surface area contributed by atoms with Crippen LogP contribution in [-0.2, 0) is 9.53 Å². The minimum atomic E-state index is -1.02. The molecule has 0 spiro atoms. The van der Waals surface area contributed by atoms with Crippen molar-refractivity contribution in [3.8, 4) is 5.75 Å². The molecule has 32 heavy (non-hydrogen) atoms. The molecule has 1 aromatic heterocycles. The van der Waals surface area contributed by atoms with E-state index < -0.39 is 29.5 Å². The highest BCUT2D eigenvalue weighted by atomic mass is 16.5. The van der Waals surface area contributed by atoms with E-state index in [0.29, 0.717) is 5.56 Å². The number of phenols is 1. The van der Waals surface area contributed by atoms with Crippen LogP contribution in [-0.4, -0.2) is 34.5 Å². The molecule has 2 heterocycles. The highest BCUT2D eigenvalue weighted by molar-refractivity contribution is 6.20. The summed E-state index contributed by atoms with van der Waals surface area (Å²) in [6.45, 7) is 1.87. The van der Waals surface area contributed by atoms with Gasteiger partial charge in [-0.25, -0.2) is 4.79 Å². The zero-order valence-electron chi connectivity index (χ0n) is 17.0. The second-order valence-electron chi connectivity index (χ2n) is 7.01. The summed E-state index contributed by atoms with van der Waals surface area (Å²) in [5, 5.41) is 20.4. The molecule has 8 heteroatoms. The number of hydrogen-bond acceptors (Lipinski definition) is 7. The molecule has 0 bridgehead atoms. The molecular weight excluding hydrogens is 414 g/mol. The largest absolute Gasteiger partial charge is 0.508 e. The Morgan fingerprint density at radius 1 is 1.06 bits per heavy atom. The van der Waals surface area contributed by atoms with Crippen LogP contribution in [0.1, 0.15) is 39.4 Å². The molecule has 1 aliphatic rings. The van der Waals surface area contributed by atoms with Crippen LogP contribution in [0, 0.1) is 0 Å². The number of amides is 1. The molecule has 1 amide bonds. The van der Waals surface area contributed by atoms with Crippen molar-refractivity contribution in [3.05, 3.63) is 95.1 Å². The Kier molecular flexibility index (Phi) is 5.51. The van der Waals surface area contributed by atoms with E-state index in [0.717, 1.165) is 0 Å². The van der Waals surface area contributed by atoms with Crippen LogP contribution in [0.25, 0.3) is 0 Å². The first-order chi connectivity index (χ1) is 15.4. The van der Waals surface area contributed by atoms with Gasteiger partial charge in [0.05, 0.1) is 30.0 Å². The Hall–Kier alpha value is -4.33. The standard InChI is InChI=1S/C24H19NO7/c1-2-31-24(30)15-5-3-6-16(13-15)25-20(14-8-10-17(26)11-9-14)19(22(28)23(25)29)21(27)18-7-4-12-32-18/h3-13,20,26,28H,2H2,1H3. The summed E-state index contributed by atoms with van der Waals surface area (Å²) in [5.74, 6) is -2.77. The molecule has 162 valence electrons. The number of esters is 1. The van der Waals surface area contributed by atoms with Gasteiger partial charge in [0.25, 0.3) is 5.91 Å². The fourth-order valence-electron chi connectivity index (χ4n) is 3.61. The topological polar surface area (TPSA) is 117 Å². The van der Waals surface area contributed by atoms with Gasteiger partial charge in [-0.15, -0.1) is 0 Å². The smallest absolute Gasteiger partial charge is 0.338 e. The molecule has 0 saturated heterocycles. The predicted octanol–water partition coefficient (Wildman–Crippen LogP) is 3.94. The summed E-state index contributed by atoms with van der Waals surface area (Å²) >= 11 is 0. The first-order valence-electron chi connectivity index (χ1n) is 9.83. The van der Waals surface area contributed by atoms with Crippen LogP contribution < -0.4 is 4.90 Å². The second kappa shape index (κ2) is 8.43. The number of anilines is 1. The molecular formula is C24H19NO7. The van der Waals surface area contributed by atoms with Crippen molar-refractivity contribution in [2.24, 2.45) is 0 Å². The number of benzene rings is 2. The Morgan fingerprint density at radius 2 is 1.81 bits per heavy atom. The van der Waals surface area contributed by atoms with Crippen LogP contribution >= 0.6 is 0 Å². The molecule has 0 fully saturated rings. The van der Waals surface area contributed by atoms with Gasteiger partial charge in [-0.1, -0.05) is 18.2 Å². The Balaban J connectivity index is 1.84. The number of aliphatic hydroxyl groups is 1. The Bertz CT molecular complexity index is 1210. The van der Waals surface area contributed by atoms with Gasteiger partial charge in [0.1, 0.15) is 5.75 Å². The molecule has 1 atom stereocenters. The van der Waals surface area contributed by atoms with Crippen molar-refractivity contribution in [3.63, 3.8) is 0 Å². The van der Waals surface area contributed by atoms with Gasteiger partial charge in [-0.3, -0.25) is 14.5 Å². The fourth-order valence-corrected chi connectivity index (χ4v) is 3.61. The van der Waals surface area contributed by atoms with Crippen LogP contribution in [0.5, 0.6) is 5.75 Å². The lowest BCUT2D eigenvalue weighted by molar-refractivity contribution is -0.117. The summed E-state index contributed by atoms with van der Waals surface area (Å²) in [4.78, 5) is 39.7. The van der Waals surface area contributed by atoms with Crippen LogP contribution in [0.3, 0.4) is 0 Å². The number of furan rings is 1. The molecule has 3 aromatic rings. The van der Waals surface area contributed by atoms with Gasteiger partial charge in [-0.05, 0) is 55.0 Å². The number of hydrogen-bond donors (Lipinski definition) is 2. The summed E-state index contributed by atoms with van der Waals surface area (Å²) in [6.07, 6.45) is 1.32. The maximum atomic E-state index is 13.1. The van der Waals surface area contributed by atoms with E-state index in [1.54, 1.807) is 37.3 Å². The van der Waals surface area contributed by atoms with Gasteiger partial charge in [-0.2, -0.15) is 0 Å².